The molecule has 3 rings (SSSR count). The first-order valence-electron chi connectivity index (χ1n) is 7.22. The van der Waals surface area contributed by atoms with Crippen LogP contribution in [0.1, 0.15) is 33.5 Å². The maximum Gasteiger partial charge on any atom is 0.151 e. The first-order valence-corrected chi connectivity index (χ1v) is 7.22. The molecule has 2 N–H and O–H groups in total. The molecular weight excluding hydrogens is 262 g/mol. The summed E-state index contributed by atoms with van der Waals surface area (Å²) in [5, 5.41) is 0. The summed E-state index contributed by atoms with van der Waals surface area (Å²) < 4.78 is 5.65. The van der Waals surface area contributed by atoms with Gasteiger partial charge in [-0.1, -0.05) is 6.07 Å². The van der Waals surface area contributed by atoms with E-state index in [0.717, 1.165) is 53.7 Å². The van der Waals surface area contributed by atoms with Crippen LogP contribution >= 0.6 is 0 Å². The van der Waals surface area contributed by atoms with Crippen LogP contribution in [0, 0.1) is 13.8 Å². The number of benzene rings is 2. The summed E-state index contributed by atoms with van der Waals surface area (Å²) in [5.41, 5.74) is 12.4. The van der Waals surface area contributed by atoms with E-state index in [1.165, 1.54) is 5.56 Å². The molecule has 0 saturated carbocycles. The van der Waals surface area contributed by atoms with E-state index in [1.807, 2.05) is 32.0 Å². The summed E-state index contributed by atoms with van der Waals surface area (Å²) in [7, 11) is 0. The summed E-state index contributed by atoms with van der Waals surface area (Å²) in [6.07, 6.45) is 2.97. The smallest absolute Gasteiger partial charge is 0.151 e. The van der Waals surface area contributed by atoms with Gasteiger partial charge >= 0.3 is 0 Å². The van der Waals surface area contributed by atoms with Gasteiger partial charge in [-0.25, -0.2) is 0 Å². The van der Waals surface area contributed by atoms with Crippen molar-refractivity contribution in [1.29, 1.82) is 0 Å². The molecule has 0 amide bonds. The van der Waals surface area contributed by atoms with Crippen molar-refractivity contribution >= 4 is 12.0 Å². The average molecular weight is 281 g/mol. The Morgan fingerprint density at radius 1 is 1.24 bits per heavy atom. The number of rotatable bonds is 2. The Labute approximate surface area is 124 Å². The van der Waals surface area contributed by atoms with Crippen LogP contribution < -0.4 is 10.5 Å². The van der Waals surface area contributed by atoms with E-state index in [0.29, 0.717) is 11.3 Å². The Bertz CT molecular complexity index is 720. The van der Waals surface area contributed by atoms with Crippen molar-refractivity contribution in [3.8, 4) is 16.9 Å². The lowest BCUT2D eigenvalue weighted by Crippen LogP contribution is -2.08. The molecule has 0 fully saturated rings. The number of anilines is 1. The quantitative estimate of drug-likeness (QED) is 0.674. The van der Waals surface area contributed by atoms with Crippen molar-refractivity contribution in [2.24, 2.45) is 0 Å². The Hall–Kier alpha value is -2.29. The Morgan fingerprint density at radius 2 is 2.05 bits per heavy atom. The van der Waals surface area contributed by atoms with E-state index < -0.39 is 0 Å². The van der Waals surface area contributed by atoms with Crippen molar-refractivity contribution in [3.63, 3.8) is 0 Å². The van der Waals surface area contributed by atoms with Crippen LogP contribution in [0.5, 0.6) is 5.75 Å². The fraction of sp³-hybridized carbons (Fsp3) is 0.278. The van der Waals surface area contributed by atoms with Gasteiger partial charge in [0.05, 0.1) is 6.61 Å². The second-order valence-electron chi connectivity index (χ2n) is 5.59. The highest BCUT2D eigenvalue weighted by atomic mass is 16.5. The van der Waals surface area contributed by atoms with Crippen LogP contribution in [-0.2, 0) is 6.42 Å². The molecule has 0 radical (unpaired) electrons. The second kappa shape index (κ2) is 5.24. The van der Waals surface area contributed by atoms with Gasteiger partial charge in [-0.15, -0.1) is 0 Å². The third kappa shape index (κ3) is 2.29. The minimum absolute atomic E-state index is 0.666. The number of carbonyl (C=O) groups excluding carboxylic acids is 1. The van der Waals surface area contributed by atoms with Crippen molar-refractivity contribution in [2.75, 3.05) is 12.3 Å². The van der Waals surface area contributed by atoms with Crippen molar-refractivity contribution in [1.82, 2.24) is 0 Å². The molecule has 2 aromatic carbocycles. The molecular formula is C18H19NO2. The topological polar surface area (TPSA) is 52.3 Å². The normalized spacial score (nSPS) is 13.4. The predicted molar refractivity (Wildman–Crippen MR) is 85.0 cm³/mol. The third-order valence-corrected chi connectivity index (χ3v) is 4.19. The van der Waals surface area contributed by atoms with Gasteiger partial charge in [-0.2, -0.15) is 0 Å². The largest absolute Gasteiger partial charge is 0.493 e. The first-order chi connectivity index (χ1) is 10.1. The SMILES string of the molecule is Cc1cc(N)c(C)c(C=O)c1-c1ccc2c(c1)CCCO2. The number of aldehydes is 1. The molecule has 0 saturated heterocycles. The zero-order chi connectivity index (χ0) is 15.0. The number of hydrogen-bond donors (Lipinski definition) is 1. The van der Waals surface area contributed by atoms with Gasteiger partial charge in [-0.05, 0) is 72.7 Å². The molecule has 0 aliphatic carbocycles. The zero-order valence-corrected chi connectivity index (χ0v) is 12.4. The van der Waals surface area contributed by atoms with Gasteiger partial charge in [0.2, 0.25) is 0 Å². The molecule has 0 bridgehead atoms. The lowest BCUT2D eigenvalue weighted by Gasteiger charge is -2.20. The van der Waals surface area contributed by atoms with Gasteiger partial charge < -0.3 is 10.5 Å². The molecule has 0 atom stereocenters. The molecule has 1 aliphatic heterocycles. The highest BCUT2D eigenvalue weighted by Gasteiger charge is 2.16. The predicted octanol–water partition coefficient (Wildman–Crippen LogP) is 3.69. The van der Waals surface area contributed by atoms with Crippen molar-refractivity contribution in [2.45, 2.75) is 26.7 Å². The van der Waals surface area contributed by atoms with Gasteiger partial charge in [0.15, 0.2) is 6.29 Å². The Balaban J connectivity index is 2.21. The van der Waals surface area contributed by atoms with Gasteiger partial charge in [0.1, 0.15) is 5.75 Å². The van der Waals surface area contributed by atoms with Crippen LogP contribution in [-0.4, -0.2) is 12.9 Å². The molecule has 0 aromatic heterocycles. The van der Waals surface area contributed by atoms with Gasteiger partial charge in [0.25, 0.3) is 0 Å². The number of aryl methyl sites for hydroxylation is 2. The van der Waals surface area contributed by atoms with Crippen LogP contribution in [0.3, 0.4) is 0 Å². The monoisotopic (exact) mass is 281 g/mol. The molecule has 0 unspecified atom stereocenters. The molecule has 21 heavy (non-hydrogen) atoms. The maximum atomic E-state index is 11.5. The van der Waals surface area contributed by atoms with Crippen LogP contribution in [0.15, 0.2) is 24.3 Å². The lowest BCUT2D eigenvalue weighted by molar-refractivity contribution is 0.112. The highest BCUT2D eigenvalue weighted by molar-refractivity contribution is 5.93. The number of nitrogen functional groups attached to an aromatic ring is 1. The van der Waals surface area contributed by atoms with E-state index >= 15 is 0 Å². The van der Waals surface area contributed by atoms with E-state index in [4.69, 9.17) is 10.5 Å². The summed E-state index contributed by atoms with van der Waals surface area (Å²) >= 11 is 0. The summed E-state index contributed by atoms with van der Waals surface area (Å²) in [6, 6.07) is 8.10. The van der Waals surface area contributed by atoms with E-state index in [-0.39, 0.29) is 0 Å². The zero-order valence-electron chi connectivity index (χ0n) is 12.4. The summed E-state index contributed by atoms with van der Waals surface area (Å²) in [4.78, 5) is 11.5. The number of hydrogen-bond acceptors (Lipinski definition) is 3. The third-order valence-electron chi connectivity index (χ3n) is 4.19. The van der Waals surface area contributed by atoms with Crippen LogP contribution in [0.25, 0.3) is 11.1 Å². The van der Waals surface area contributed by atoms with E-state index in [9.17, 15) is 4.79 Å². The standard InChI is InChI=1S/C18H19NO2/c1-11-8-16(19)12(2)15(10-20)18(11)14-5-6-17-13(9-14)4-3-7-21-17/h5-6,8-10H,3-4,7,19H2,1-2H3. The number of ether oxygens (including phenoxy) is 1. The van der Waals surface area contributed by atoms with E-state index in [1.54, 1.807) is 0 Å². The number of nitrogens with two attached hydrogens (primary N) is 1. The fourth-order valence-electron chi connectivity index (χ4n) is 3.02. The number of carbonyl (C=O) groups is 1. The molecule has 3 heteroatoms. The molecule has 0 spiro atoms. The number of fused-ring (bicyclic) bond motifs is 1. The lowest BCUT2D eigenvalue weighted by atomic mass is 9.90. The minimum atomic E-state index is 0.666. The molecule has 2 aromatic rings. The molecule has 108 valence electrons. The molecule has 1 heterocycles. The Kier molecular flexibility index (Phi) is 3.42. The summed E-state index contributed by atoms with van der Waals surface area (Å²) in [6.45, 7) is 4.67. The molecule has 1 aliphatic rings. The first kappa shape index (κ1) is 13.7. The van der Waals surface area contributed by atoms with E-state index in [2.05, 4.69) is 6.07 Å². The van der Waals surface area contributed by atoms with Gasteiger partial charge in [-0.3, -0.25) is 4.79 Å². The highest BCUT2D eigenvalue weighted by Crippen LogP contribution is 2.35. The van der Waals surface area contributed by atoms with Crippen molar-refractivity contribution in [3.05, 3.63) is 46.5 Å². The van der Waals surface area contributed by atoms with Gasteiger partial charge in [0, 0.05) is 11.3 Å². The van der Waals surface area contributed by atoms with Crippen LogP contribution in [0.4, 0.5) is 5.69 Å². The summed E-state index contributed by atoms with van der Waals surface area (Å²) in [5.74, 6) is 0.961. The second-order valence-corrected chi connectivity index (χ2v) is 5.59. The minimum Gasteiger partial charge on any atom is -0.493 e. The fourth-order valence-corrected chi connectivity index (χ4v) is 3.02. The van der Waals surface area contributed by atoms with Crippen molar-refractivity contribution < 1.29 is 9.53 Å². The molecule has 3 nitrogen and oxygen atoms in total. The Morgan fingerprint density at radius 3 is 2.81 bits per heavy atom. The average Bonchev–Trinajstić information content (AvgIpc) is 2.50. The maximum absolute atomic E-state index is 11.5. The van der Waals surface area contributed by atoms with Crippen LogP contribution in [0.2, 0.25) is 0 Å².